The number of ether oxygens (including phenoxy) is 3. The molecule has 3 aliphatic heterocycles. The van der Waals surface area contributed by atoms with Crippen LogP contribution >= 0.6 is 11.8 Å². The van der Waals surface area contributed by atoms with Crippen LogP contribution in [0, 0.1) is 17.6 Å². The number of thioether (sulfide) groups is 1. The van der Waals surface area contributed by atoms with Gasteiger partial charge in [-0.05, 0) is 24.0 Å². The van der Waals surface area contributed by atoms with E-state index in [9.17, 15) is 14.4 Å². The quantitative estimate of drug-likeness (QED) is 0.349. The fourth-order valence-corrected chi connectivity index (χ4v) is 6.65. The minimum absolute atomic E-state index is 0.0438. The molecule has 1 fully saturated rings. The van der Waals surface area contributed by atoms with E-state index in [4.69, 9.17) is 9.47 Å². The Kier molecular flexibility index (Phi) is 6.44. The van der Waals surface area contributed by atoms with Crippen molar-refractivity contribution in [2.75, 3.05) is 32.0 Å². The monoisotopic (exact) mass is 543 g/mol. The van der Waals surface area contributed by atoms with Gasteiger partial charge in [0.1, 0.15) is 6.17 Å². The van der Waals surface area contributed by atoms with E-state index in [-0.39, 0.29) is 59.2 Å². The summed E-state index contributed by atoms with van der Waals surface area (Å²) in [5.74, 6) is -2.47. The zero-order valence-corrected chi connectivity index (χ0v) is 20.8. The molecule has 0 spiro atoms. The maximum absolute atomic E-state index is 15.1. The normalized spacial score (nSPS) is 23.4. The zero-order chi connectivity index (χ0) is 26.4. The molecule has 38 heavy (non-hydrogen) atoms. The number of carbonyl (C=O) groups is 2. The van der Waals surface area contributed by atoms with Crippen LogP contribution in [0.4, 0.5) is 8.78 Å². The molecule has 0 bridgehead atoms. The summed E-state index contributed by atoms with van der Waals surface area (Å²) in [7, 11) is 0. The van der Waals surface area contributed by atoms with Crippen LogP contribution in [-0.4, -0.2) is 59.9 Å². The third kappa shape index (κ3) is 4.08. The molecule has 0 radical (unpaired) electrons. The molecular formula is C26H23F2N3O6S. The van der Waals surface area contributed by atoms with Crippen LogP contribution in [0.3, 0.4) is 0 Å². The first-order valence-corrected chi connectivity index (χ1v) is 13.1. The first kappa shape index (κ1) is 24.7. The fourth-order valence-electron chi connectivity index (χ4n) is 5.36. The third-order valence-electron chi connectivity index (χ3n) is 7.14. The summed E-state index contributed by atoms with van der Waals surface area (Å²) >= 11 is 1.53. The van der Waals surface area contributed by atoms with Crippen LogP contribution in [-0.2, 0) is 26.4 Å². The standard InChI is InChI=1S/C26H23F2N3O6S/c27-18-8-16(15-7-14-3-1-2-4-21(14)38-11-17(15)23(18)28)19-9-20(33)25(37-13-36-12-32)24-26(34)30-5-6-35-10-22(30)29-31(19)24/h1-4,8-9,12,14,21-22,29H,5-7,10-11,13H2/t14?,21?,22-/m0/s1. The third-order valence-corrected chi connectivity index (χ3v) is 8.49. The number of aromatic nitrogens is 1. The molecule has 198 valence electrons. The Morgan fingerprint density at radius 3 is 2.87 bits per heavy atom. The number of rotatable bonds is 5. The molecule has 2 unspecified atom stereocenters. The van der Waals surface area contributed by atoms with E-state index in [1.165, 1.54) is 27.4 Å². The lowest BCUT2D eigenvalue weighted by molar-refractivity contribution is -0.134. The molecule has 1 N–H and O–H groups in total. The van der Waals surface area contributed by atoms with Crippen molar-refractivity contribution >= 4 is 24.1 Å². The van der Waals surface area contributed by atoms with Crippen molar-refractivity contribution in [3.8, 4) is 17.0 Å². The molecule has 4 aliphatic rings. The van der Waals surface area contributed by atoms with Gasteiger partial charge in [-0.25, -0.2) is 13.5 Å². The maximum atomic E-state index is 15.1. The summed E-state index contributed by atoms with van der Waals surface area (Å²) in [5.41, 5.74) is 3.72. The van der Waals surface area contributed by atoms with Crippen molar-refractivity contribution in [1.29, 1.82) is 0 Å². The Labute approximate surface area is 220 Å². The number of morpholine rings is 1. The van der Waals surface area contributed by atoms with Crippen LogP contribution < -0.4 is 15.6 Å². The van der Waals surface area contributed by atoms with Crippen molar-refractivity contribution in [3.05, 3.63) is 75.1 Å². The van der Waals surface area contributed by atoms with Gasteiger partial charge in [0.2, 0.25) is 18.0 Å². The van der Waals surface area contributed by atoms with Crippen molar-refractivity contribution < 1.29 is 32.6 Å². The molecule has 12 heteroatoms. The second-order valence-electron chi connectivity index (χ2n) is 9.24. The topological polar surface area (TPSA) is 99.1 Å². The number of hydrogen-bond acceptors (Lipinski definition) is 8. The predicted molar refractivity (Wildman–Crippen MR) is 134 cm³/mol. The maximum Gasteiger partial charge on any atom is 0.295 e. The van der Waals surface area contributed by atoms with Crippen molar-refractivity contribution in [1.82, 2.24) is 9.58 Å². The van der Waals surface area contributed by atoms with Crippen LogP contribution in [0.1, 0.15) is 21.6 Å². The fraction of sp³-hybridized carbons (Fsp3) is 0.346. The molecule has 4 heterocycles. The van der Waals surface area contributed by atoms with Gasteiger partial charge >= 0.3 is 0 Å². The summed E-state index contributed by atoms with van der Waals surface area (Å²) in [6.45, 7) is 0.366. The average molecular weight is 544 g/mol. The molecular weight excluding hydrogens is 520 g/mol. The SMILES string of the molecule is O=COCOc1c2n(c(-c3cc(F)c(F)c4c3CC3C=CC=CC3SC4)cc1=O)N[C@@H]1COCCN1C2=O. The first-order chi connectivity index (χ1) is 18.5. The van der Waals surface area contributed by atoms with Gasteiger partial charge in [-0.2, -0.15) is 0 Å². The summed E-state index contributed by atoms with van der Waals surface area (Å²) in [6, 6.07) is 2.30. The van der Waals surface area contributed by atoms with Crippen molar-refractivity contribution in [2.45, 2.75) is 23.6 Å². The number of carbonyl (C=O) groups excluding carboxylic acids is 2. The van der Waals surface area contributed by atoms with Gasteiger partial charge in [-0.3, -0.25) is 14.4 Å². The highest BCUT2D eigenvalue weighted by molar-refractivity contribution is 7.99. The Morgan fingerprint density at radius 1 is 1.18 bits per heavy atom. The second-order valence-corrected chi connectivity index (χ2v) is 10.4. The van der Waals surface area contributed by atoms with Gasteiger partial charge in [0, 0.05) is 34.7 Å². The predicted octanol–water partition coefficient (Wildman–Crippen LogP) is 2.56. The largest absolute Gasteiger partial charge is 0.451 e. The number of fused-ring (bicyclic) bond motifs is 4. The molecule has 1 aromatic heterocycles. The number of hydrogen-bond donors (Lipinski definition) is 1. The highest BCUT2D eigenvalue weighted by Crippen LogP contribution is 2.42. The zero-order valence-electron chi connectivity index (χ0n) is 20.0. The number of nitrogens with zero attached hydrogens (tertiary/aromatic N) is 2. The smallest absolute Gasteiger partial charge is 0.295 e. The van der Waals surface area contributed by atoms with Gasteiger partial charge in [0.05, 0.1) is 18.9 Å². The van der Waals surface area contributed by atoms with Crippen molar-refractivity contribution in [2.24, 2.45) is 5.92 Å². The Hall–Kier alpha value is -3.64. The first-order valence-electron chi connectivity index (χ1n) is 12.1. The van der Waals surface area contributed by atoms with Crippen LogP contribution in [0.15, 0.2) is 41.2 Å². The van der Waals surface area contributed by atoms with E-state index < -0.39 is 35.9 Å². The molecule has 1 saturated heterocycles. The summed E-state index contributed by atoms with van der Waals surface area (Å²) in [6.07, 6.45) is 7.83. The average Bonchev–Trinajstić information content (AvgIpc) is 3.12. The molecule has 0 saturated carbocycles. The van der Waals surface area contributed by atoms with Gasteiger partial charge in [0.25, 0.3) is 12.4 Å². The lowest BCUT2D eigenvalue weighted by Crippen LogP contribution is -2.59. The van der Waals surface area contributed by atoms with E-state index in [1.54, 1.807) is 0 Å². The van der Waals surface area contributed by atoms with Crippen LogP contribution in [0.2, 0.25) is 0 Å². The lowest BCUT2D eigenvalue weighted by Gasteiger charge is -2.42. The van der Waals surface area contributed by atoms with E-state index in [1.807, 2.05) is 24.3 Å². The van der Waals surface area contributed by atoms with E-state index in [2.05, 4.69) is 10.2 Å². The van der Waals surface area contributed by atoms with Crippen LogP contribution in [0.5, 0.6) is 5.75 Å². The summed E-state index contributed by atoms with van der Waals surface area (Å²) < 4.78 is 47.1. The molecule has 1 aromatic carbocycles. The Morgan fingerprint density at radius 2 is 2.03 bits per heavy atom. The van der Waals surface area contributed by atoms with E-state index >= 15 is 8.78 Å². The van der Waals surface area contributed by atoms with Crippen LogP contribution in [0.25, 0.3) is 11.3 Å². The van der Waals surface area contributed by atoms with Gasteiger partial charge < -0.3 is 24.5 Å². The number of nitrogens with one attached hydrogen (secondary N) is 1. The highest BCUT2D eigenvalue weighted by Gasteiger charge is 2.39. The van der Waals surface area contributed by atoms with Gasteiger partial charge in [0.15, 0.2) is 17.3 Å². The summed E-state index contributed by atoms with van der Waals surface area (Å²) in [5, 5.41) is 0.0978. The molecule has 3 atom stereocenters. The van der Waals surface area contributed by atoms with Gasteiger partial charge in [-0.1, -0.05) is 24.3 Å². The Bertz CT molecular complexity index is 1440. The number of benzene rings is 1. The lowest BCUT2D eigenvalue weighted by atomic mass is 9.87. The molecule has 9 nitrogen and oxygen atoms in total. The summed E-state index contributed by atoms with van der Waals surface area (Å²) in [4.78, 5) is 39.1. The number of pyridine rings is 1. The second kappa shape index (κ2) is 9.91. The minimum atomic E-state index is -1.04. The van der Waals surface area contributed by atoms with E-state index in [0.717, 1.165) is 6.07 Å². The van der Waals surface area contributed by atoms with Gasteiger partial charge in [-0.15, -0.1) is 11.8 Å². The van der Waals surface area contributed by atoms with E-state index in [0.29, 0.717) is 24.2 Å². The van der Waals surface area contributed by atoms with Crippen molar-refractivity contribution in [3.63, 3.8) is 0 Å². The molecule has 1 aliphatic carbocycles. The molecule has 1 amide bonds. The Balaban J connectivity index is 1.56. The minimum Gasteiger partial charge on any atom is -0.451 e. The number of amides is 1. The molecule has 2 aromatic rings. The molecule has 6 rings (SSSR count). The highest BCUT2D eigenvalue weighted by atomic mass is 32.2. The number of halogens is 2. The number of allylic oxidation sites excluding steroid dienone is 3.